The predicted octanol–water partition coefficient (Wildman–Crippen LogP) is 3.55. The Balaban J connectivity index is 1.83. The molecule has 0 amide bonds. The van der Waals surface area contributed by atoms with E-state index in [4.69, 9.17) is 4.74 Å². The van der Waals surface area contributed by atoms with Crippen molar-refractivity contribution < 1.29 is 4.74 Å². The summed E-state index contributed by atoms with van der Waals surface area (Å²) in [6.07, 6.45) is 3.17. The molecule has 0 bridgehead atoms. The van der Waals surface area contributed by atoms with Gasteiger partial charge in [-0.25, -0.2) is 0 Å². The van der Waals surface area contributed by atoms with E-state index in [0.29, 0.717) is 18.2 Å². The van der Waals surface area contributed by atoms with E-state index in [1.807, 2.05) is 0 Å². The van der Waals surface area contributed by atoms with Crippen LogP contribution in [0.1, 0.15) is 37.4 Å². The van der Waals surface area contributed by atoms with Gasteiger partial charge in [0.2, 0.25) is 0 Å². The van der Waals surface area contributed by atoms with E-state index < -0.39 is 0 Å². The van der Waals surface area contributed by atoms with E-state index in [1.165, 1.54) is 28.4 Å². The number of ether oxygens (including phenoxy) is 1. The van der Waals surface area contributed by atoms with Gasteiger partial charge in [0.05, 0.1) is 12.2 Å². The van der Waals surface area contributed by atoms with Crippen LogP contribution in [-0.4, -0.2) is 30.2 Å². The number of hydrogen-bond acceptors (Lipinski definition) is 2. The van der Waals surface area contributed by atoms with Crippen molar-refractivity contribution in [2.24, 2.45) is 0 Å². The second kappa shape index (κ2) is 4.95. The van der Waals surface area contributed by atoms with Crippen molar-refractivity contribution in [3.63, 3.8) is 0 Å². The third kappa shape index (κ3) is 2.36. The van der Waals surface area contributed by atoms with Gasteiger partial charge in [-0.05, 0) is 49.9 Å². The number of rotatable bonds is 1. The second-order valence-corrected chi connectivity index (χ2v) is 6.52. The zero-order valence-corrected chi connectivity index (χ0v) is 12.6. The summed E-state index contributed by atoms with van der Waals surface area (Å²) in [4.78, 5) is 2.61. The summed E-state index contributed by atoms with van der Waals surface area (Å²) < 4.78 is 7.03. The molecule has 1 saturated heterocycles. The molecular weight excluding hydrogens is 290 g/mol. The third-order valence-corrected chi connectivity index (χ3v) is 4.53. The van der Waals surface area contributed by atoms with E-state index in [-0.39, 0.29) is 0 Å². The molecule has 18 heavy (non-hydrogen) atoms. The molecule has 98 valence electrons. The average molecular weight is 310 g/mol. The van der Waals surface area contributed by atoms with Gasteiger partial charge in [-0.15, -0.1) is 0 Å². The fourth-order valence-corrected chi connectivity index (χ4v) is 3.82. The Morgan fingerprint density at radius 2 is 1.94 bits per heavy atom. The summed E-state index contributed by atoms with van der Waals surface area (Å²) >= 11 is 3.57. The first-order valence-corrected chi connectivity index (χ1v) is 7.60. The number of morpholine rings is 1. The molecule has 1 aliphatic carbocycles. The summed E-state index contributed by atoms with van der Waals surface area (Å²) in [7, 11) is 0. The smallest absolute Gasteiger partial charge is 0.0678 e. The fourth-order valence-electron chi connectivity index (χ4n) is 3.42. The van der Waals surface area contributed by atoms with Crippen LogP contribution in [0, 0.1) is 0 Å². The molecule has 0 radical (unpaired) electrons. The minimum Gasteiger partial charge on any atom is -0.373 e. The van der Waals surface area contributed by atoms with Crippen molar-refractivity contribution in [2.45, 2.75) is 44.9 Å². The summed E-state index contributed by atoms with van der Waals surface area (Å²) in [5.41, 5.74) is 3.04. The maximum Gasteiger partial charge on any atom is 0.0678 e. The highest BCUT2D eigenvalue weighted by atomic mass is 79.9. The highest BCUT2D eigenvalue weighted by Crippen LogP contribution is 2.38. The molecule has 1 aliphatic heterocycles. The zero-order chi connectivity index (χ0) is 12.7. The van der Waals surface area contributed by atoms with E-state index in [2.05, 4.69) is 52.9 Å². The number of nitrogens with zero attached hydrogens (tertiary/aromatic N) is 1. The highest BCUT2D eigenvalue weighted by molar-refractivity contribution is 9.10. The maximum atomic E-state index is 5.83. The van der Waals surface area contributed by atoms with Crippen LogP contribution in [0.4, 0.5) is 0 Å². The number of aryl methyl sites for hydroxylation is 1. The normalized spacial score (nSPS) is 32.5. The quantitative estimate of drug-likeness (QED) is 0.786. The SMILES string of the molecule is C[C@@H]1CN(C2CCc3cc(Br)ccc32)C[C@H](C)O1. The van der Waals surface area contributed by atoms with Gasteiger partial charge in [-0.2, -0.15) is 0 Å². The molecule has 3 atom stereocenters. The van der Waals surface area contributed by atoms with Crippen molar-refractivity contribution >= 4 is 15.9 Å². The number of benzene rings is 1. The Kier molecular flexibility index (Phi) is 3.48. The van der Waals surface area contributed by atoms with E-state index in [9.17, 15) is 0 Å². The molecule has 0 aromatic heterocycles. The van der Waals surface area contributed by atoms with Crippen molar-refractivity contribution in [3.05, 3.63) is 33.8 Å². The summed E-state index contributed by atoms with van der Waals surface area (Å²) in [6.45, 7) is 6.48. The molecule has 0 spiro atoms. The van der Waals surface area contributed by atoms with Gasteiger partial charge in [0.25, 0.3) is 0 Å². The molecule has 0 saturated carbocycles. The molecule has 1 heterocycles. The topological polar surface area (TPSA) is 12.5 Å². The van der Waals surface area contributed by atoms with Crippen LogP contribution in [0.15, 0.2) is 22.7 Å². The first-order chi connectivity index (χ1) is 8.63. The Bertz CT molecular complexity index is 438. The van der Waals surface area contributed by atoms with Crippen LogP contribution < -0.4 is 0 Å². The molecule has 1 aromatic carbocycles. The van der Waals surface area contributed by atoms with E-state index >= 15 is 0 Å². The molecule has 2 aliphatic rings. The van der Waals surface area contributed by atoms with Crippen LogP contribution >= 0.6 is 15.9 Å². The van der Waals surface area contributed by atoms with E-state index in [1.54, 1.807) is 0 Å². The minimum absolute atomic E-state index is 0.355. The molecular formula is C15H20BrNO. The molecule has 0 N–H and O–H groups in total. The van der Waals surface area contributed by atoms with Crippen LogP contribution in [-0.2, 0) is 11.2 Å². The number of hydrogen-bond donors (Lipinski definition) is 0. The second-order valence-electron chi connectivity index (χ2n) is 5.61. The molecule has 3 heteroatoms. The van der Waals surface area contributed by atoms with Crippen LogP contribution in [0.2, 0.25) is 0 Å². The Morgan fingerprint density at radius 3 is 2.67 bits per heavy atom. The van der Waals surface area contributed by atoms with Crippen molar-refractivity contribution in [1.29, 1.82) is 0 Å². The lowest BCUT2D eigenvalue weighted by Crippen LogP contribution is -2.46. The number of halogens is 1. The lowest BCUT2D eigenvalue weighted by atomic mass is 10.1. The summed E-state index contributed by atoms with van der Waals surface area (Å²) in [5, 5.41) is 0. The molecule has 2 nitrogen and oxygen atoms in total. The maximum absolute atomic E-state index is 5.83. The standard InChI is InChI=1S/C15H20BrNO/c1-10-8-17(9-11(2)18-10)15-6-3-12-7-13(16)4-5-14(12)15/h4-5,7,10-11,15H,3,6,8-9H2,1-2H3/t10-,11+,15?. The molecule has 1 aromatic rings. The third-order valence-electron chi connectivity index (χ3n) is 4.04. The average Bonchev–Trinajstić information content (AvgIpc) is 2.70. The lowest BCUT2D eigenvalue weighted by molar-refractivity contribution is -0.0807. The van der Waals surface area contributed by atoms with Gasteiger partial charge in [0, 0.05) is 23.6 Å². The molecule has 3 rings (SSSR count). The predicted molar refractivity (Wildman–Crippen MR) is 76.8 cm³/mol. The lowest BCUT2D eigenvalue weighted by Gasteiger charge is -2.39. The Labute approximate surface area is 117 Å². The van der Waals surface area contributed by atoms with Crippen LogP contribution in [0.3, 0.4) is 0 Å². The minimum atomic E-state index is 0.355. The van der Waals surface area contributed by atoms with Gasteiger partial charge >= 0.3 is 0 Å². The van der Waals surface area contributed by atoms with Gasteiger partial charge in [-0.1, -0.05) is 22.0 Å². The van der Waals surface area contributed by atoms with Gasteiger partial charge in [-0.3, -0.25) is 4.90 Å². The highest BCUT2D eigenvalue weighted by Gasteiger charge is 2.32. The summed E-state index contributed by atoms with van der Waals surface area (Å²) in [6, 6.07) is 7.34. The first-order valence-electron chi connectivity index (χ1n) is 6.81. The number of fused-ring (bicyclic) bond motifs is 1. The fraction of sp³-hybridized carbons (Fsp3) is 0.600. The molecule has 1 fully saturated rings. The Morgan fingerprint density at radius 1 is 1.22 bits per heavy atom. The van der Waals surface area contributed by atoms with Crippen molar-refractivity contribution in [1.82, 2.24) is 4.90 Å². The van der Waals surface area contributed by atoms with Gasteiger partial charge in [0.1, 0.15) is 0 Å². The monoisotopic (exact) mass is 309 g/mol. The zero-order valence-electron chi connectivity index (χ0n) is 11.0. The Hall–Kier alpha value is -0.380. The van der Waals surface area contributed by atoms with Crippen molar-refractivity contribution in [3.8, 4) is 0 Å². The largest absolute Gasteiger partial charge is 0.373 e. The first kappa shape index (κ1) is 12.6. The molecule has 1 unspecified atom stereocenters. The summed E-state index contributed by atoms with van der Waals surface area (Å²) in [5.74, 6) is 0. The van der Waals surface area contributed by atoms with Crippen LogP contribution in [0.5, 0.6) is 0 Å². The van der Waals surface area contributed by atoms with Crippen LogP contribution in [0.25, 0.3) is 0 Å². The van der Waals surface area contributed by atoms with Gasteiger partial charge in [0.15, 0.2) is 0 Å². The van der Waals surface area contributed by atoms with Crippen molar-refractivity contribution in [2.75, 3.05) is 13.1 Å². The van der Waals surface area contributed by atoms with Gasteiger partial charge < -0.3 is 4.74 Å². The van der Waals surface area contributed by atoms with E-state index in [0.717, 1.165) is 13.1 Å².